The van der Waals surface area contributed by atoms with E-state index in [1.165, 1.54) is 10.4 Å². The Morgan fingerprint density at radius 1 is 1.09 bits per heavy atom. The Kier molecular flexibility index (Phi) is 5.66. The molecule has 0 atom stereocenters. The third kappa shape index (κ3) is 4.56. The molecule has 1 aromatic heterocycles. The number of benzene rings is 1. The van der Waals surface area contributed by atoms with Crippen LogP contribution < -0.4 is 5.32 Å². The summed E-state index contributed by atoms with van der Waals surface area (Å²) in [5.74, 6) is 1.01. The molecule has 2 aromatic rings. The van der Waals surface area contributed by atoms with Crippen molar-refractivity contribution in [2.75, 3.05) is 33.2 Å². The van der Waals surface area contributed by atoms with Crippen LogP contribution >= 0.6 is 11.3 Å². The largest absolute Gasteiger partial charge is 0.351 e. The van der Waals surface area contributed by atoms with Crippen LogP contribution in [-0.2, 0) is 13.1 Å². The van der Waals surface area contributed by atoms with Crippen molar-refractivity contribution in [2.45, 2.75) is 13.1 Å². The zero-order valence-electron chi connectivity index (χ0n) is 13.6. The van der Waals surface area contributed by atoms with Gasteiger partial charge in [0.25, 0.3) is 0 Å². The first kappa shape index (κ1) is 16.0. The summed E-state index contributed by atoms with van der Waals surface area (Å²) < 4.78 is 0. The van der Waals surface area contributed by atoms with E-state index in [0.717, 1.165) is 45.2 Å². The van der Waals surface area contributed by atoms with Crippen molar-refractivity contribution in [3.05, 3.63) is 58.3 Å². The molecule has 0 bridgehead atoms. The molecule has 4 nitrogen and oxygen atoms in total. The first-order chi connectivity index (χ1) is 11.3. The fourth-order valence-electron chi connectivity index (χ4n) is 2.87. The van der Waals surface area contributed by atoms with E-state index < -0.39 is 0 Å². The van der Waals surface area contributed by atoms with Gasteiger partial charge in [0.15, 0.2) is 5.96 Å². The number of hydrogen-bond donors (Lipinski definition) is 1. The number of aliphatic imine (C=N–C) groups is 1. The third-order valence-corrected chi connectivity index (χ3v) is 5.01. The number of thiophene rings is 1. The van der Waals surface area contributed by atoms with Gasteiger partial charge >= 0.3 is 0 Å². The Hall–Kier alpha value is -1.85. The van der Waals surface area contributed by atoms with Gasteiger partial charge in [0.1, 0.15) is 0 Å². The SMILES string of the molecule is CN=C(NCc1cccs1)N1CCN(Cc2ccccc2)CC1. The molecular formula is C18H24N4S. The molecule has 2 heterocycles. The van der Waals surface area contributed by atoms with Crippen molar-refractivity contribution in [1.29, 1.82) is 0 Å². The average molecular weight is 328 g/mol. The minimum absolute atomic E-state index is 0.856. The Morgan fingerprint density at radius 3 is 2.52 bits per heavy atom. The molecule has 1 aromatic carbocycles. The molecular weight excluding hydrogens is 304 g/mol. The quantitative estimate of drug-likeness (QED) is 0.691. The van der Waals surface area contributed by atoms with Crippen molar-refractivity contribution in [1.82, 2.24) is 15.1 Å². The lowest BCUT2D eigenvalue weighted by Crippen LogP contribution is -2.52. The third-order valence-electron chi connectivity index (χ3n) is 4.13. The molecule has 1 N–H and O–H groups in total. The van der Waals surface area contributed by atoms with Gasteiger partial charge in [-0.15, -0.1) is 11.3 Å². The van der Waals surface area contributed by atoms with E-state index in [1.54, 1.807) is 11.3 Å². The summed E-state index contributed by atoms with van der Waals surface area (Å²) in [6.07, 6.45) is 0. The molecule has 23 heavy (non-hydrogen) atoms. The highest BCUT2D eigenvalue weighted by atomic mass is 32.1. The average Bonchev–Trinajstić information content (AvgIpc) is 3.11. The molecule has 3 rings (SSSR count). The predicted octanol–water partition coefficient (Wildman–Crippen LogP) is 2.64. The van der Waals surface area contributed by atoms with E-state index >= 15 is 0 Å². The molecule has 1 fully saturated rings. The standard InChI is InChI=1S/C18H24N4S/c1-19-18(20-14-17-8-5-13-23-17)22-11-9-21(10-12-22)15-16-6-3-2-4-7-16/h2-8,13H,9-12,14-15H2,1H3,(H,19,20). The van der Waals surface area contributed by atoms with Gasteiger partial charge in [-0.25, -0.2) is 0 Å². The van der Waals surface area contributed by atoms with E-state index in [0.29, 0.717) is 0 Å². The number of nitrogens with zero attached hydrogens (tertiary/aromatic N) is 3. The first-order valence-electron chi connectivity index (χ1n) is 8.09. The van der Waals surface area contributed by atoms with Gasteiger partial charge in [-0.05, 0) is 17.0 Å². The fraction of sp³-hybridized carbons (Fsp3) is 0.389. The second-order valence-corrected chi connectivity index (χ2v) is 6.76. The smallest absolute Gasteiger partial charge is 0.194 e. The molecule has 122 valence electrons. The van der Waals surface area contributed by atoms with Gasteiger partial charge in [0, 0.05) is 44.6 Å². The summed E-state index contributed by atoms with van der Waals surface area (Å²) in [5.41, 5.74) is 1.39. The van der Waals surface area contributed by atoms with Crippen LogP contribution in [0, 0.1) is 0 Å². The summed E-state index contributed by atoms with van der Waals surface area (Å²) in [5, 5.41) is 5.59. The number of nitrogens with one attached hydrogen (secondary N) is 1. The van der Waals surface area contributed by atoms with Gasteiger partial charge in [0.2, 0.25) is 0 Å². The molecule has 5 heteroatoms. The highest BCUT2D eigenvalue weighted by Gasteiger charge is 2.19. The van der Waals surface area contributed by atoms with E-state index in [1.807, 2.05) is 7.05 Å². The molecule has 0 unspecified atom stereocenters. The molecule has 1 aliphatic heterocycles. The molecule has 0 aliphatic carbocycles. The van der Waals surface area contributed by atoms with Gasteiger partial charge in [-0.2, -0.15) is 0 Å². The Balaban J connectivity index is 1.47. The van der Waals surface area contributed by atoms with Crippen LogP contribution in [0.25, 0.3) is 0 Å². The molecule has 0 amide bonds. The first-order valence-corrected chi connectivity index (χ1v) is 8.97. The van der Waals surface area contributed by atoms with E-state index in [-0.39, 0.29) is 0 Å². The van der Waals surface area contributed by atoms with Crippen LogP contribution in [0.3, 0.4) is 0 Å². The second-order valence-electron chi connectivity index (χ2n) is 5.73. The summed E-state index contributed by atoms with van der Waals surface area (Å²) in [4.78, 5) is 10.6. The van der Waals surface area contributed by atoms with Crippen LogP contribution in [0.1, 0.15) is 10.4 Å². The van der Waals surface area contributed by atoms with Gasteiger partial charge in [-0.1, -0.05) is 36.4 Å². The lowest BCUT2D eigenvalue weighted by atomic mass is 10.2. The molecule has 1 saturated heterocycles. The number of piperazine rings is 1. The lowest BCUT2D eigenvalue weighted by molar-refractivity contribution is 0.172. The van der Waals surface area contributed by atoms with Crippen LogP contribution in [0.15, 0.2) is 52.8 Å². The van der Waals surface area contributed by atoms with Crippen LogP contribution in [0.2, 0.25) is 0 Å². The zero-order valence-corrected chi connectivity index (χ0v) is 14.4. The van der Waals surface area contributed by atoms with Crippen LogP contribution in [-0.4, -0.2) is 49.0 Å². The zero-order chi connectivity index (χ0) is 15.9. The maximum Gasteiger partial charge on any atom is 0.194 e. The van der Waals surface area contributed by atoms with Gasteiger partial charge < -0.3 is 10.2 Å². The van der Waals surface area contributed by atoms with Crippen molar-refractivity contribution in [3.63, 3.8) is 0 Å². The molecule has 0 saturated carbocycles. The highest BCUT2D eigenvalue weighted by molar-refractivity contribution is 7.09. The minimum Gasteiger partial charge on any atom is -0.351 e. The fourth-order valence-corrected chi connectivity index (χ4v) is 3.52. The molecule has 0 spiro atoms. The second kappa shape index (κ2) is 8.13. The molecule has 1 aliphatic rings. The van der Waals surface area contributed by atoms with Gasteiger partial charge in [0.05, 0.1) is 6.54 Å². The summed E-state index contributed by atoms with van der Waals surface area (Å²) in [6, 6.07) is 15.0. The lowest BCUT2D eigenvalue weighted by Gasteiger charge is -2.36. The van der Waals surface area contributed by atoms with Crippen LogP contribution in [0.4, 0.5) is 0 Å². The maximum absolute atomic E-state index is 4.44. The highest BCUT2D eigenvalue weighted by Crippen LogP contribution is 2.10. The number of rotatable bonds is 4. The maximum atomic E-state index is 4.44. The van der Waals surface area contributed by atoms with E-state index in [4.69, 9.17) is 0 Å². The monoisotopic (exact) mass is 328 g/mol. The molecule has 0 radical (unpaired) electrons. The Morgan fingerprint density at radius 2 is 1.87 bits per heavy atom. The van der Waals surface area contributed by atoms with E-state index in [2.05, 4.69) is 68.0 Å². The summed E-state index contributed by atoms with van der Waals surface area (Å²) in [7, 11) is 1.87. The van der Waals surface area contributed by atoms with Gasteiger partial charge in [-0.3, -0.25) is 9.89 Å². The topological polar surface area (TPSA) is 30.9 Å². The predicted molar refractivity (Wildman–Crippen MR) is 97.8 cm³/mol. The Bertz CT molecular complexity index is 601. The van der Waals surface area contributed by atoms with Crippen LogP contribution in [0.5, 0.6) is 0 Å². The number of hydrogen-bond acceptors (Lipinski definition) is 3. The number of guanidine groups is 1. The van der Waals surface area contributed by atoms with Crippen molar-refractivity contribution in [3.8, 4) is 0 Å². The summed E-state index contributed by atoms with van der Waals surface area (Å²) >= 11 is 1.78. The van der Waals surface area contributed by atoms with Crippen molar-refractivity contribution < 1.29 is 0 Å². The van der Waals surface area contributed by atoms with Crippen molar-refractivity contribution >= 4 is 17.3 Å². The normalized spacial score (nSPS) is 16.6. The van der Waals surface area contributed by atoms with E-state index in [9.17, 15) is 0 Å². The summed E-state index contributed by atoms with van der Waals surface area (Å²) in [6.45, 7) is 6.10. The minimum atomic E-state index is 0.856. The Labute approximate surface area is 142 Å². The van der Waals surface area contributed by atoms with Crippen molar-refractivity contribution in [2.24, 2.45) is 4.99 Å².